The van der Waals surface area contributed by atoms with Gasteiger partial charge in [-0.25, -0.2) is 0 Å². The van der Waals surface area contributed by atoms with E-state index in [4.69, 9.17) is 21.9 Å². The zero-order valence-electron chi connectivity index (χ0n) is 6.05. The summed E-state index contributed by atoms with van der Waals surface area (Å²) in [6.45, 7) is 5.19. The lowest BCUT2D eigenvalue weighted by atomic mass is 10.1. The van der Waals surface area contributed by atoms with Crippen LogP contribution in [0.15, 0.2) is 0 Å². The molecule has 1 fully saturated rings. The molecular weight excluding hydrogens is 148 g/mol. The Labute approximate surface area is 65.4 Å². The van der Waals surface area contributed by atoms with Crippen LogP contribution < -0.4 is 0 Å². The average molecular weight is 160 g/mol. The number of aliphatic hydroxyl groups excluding tert-OH is 3. The first-order valence-corrected chi connectivity index (χ1v) is 3.55. The molecule has 3 N–H and O–H groups in total. The Hall–Kier alpha value is -0.160. The van der Waals surface area contributed by atoms with E-state index in [-0.39, 0.29) is 6.61 Å². The molecule has 0 saturated carbocycles. The predicted octanol–water partition coefficient (Wildman–Crippen LogP) is -1.43. The Kier molecular flexibility index (Phi) is 2.84. The van der Waals surface area contributed by atoms with Crippen molar-refractivity contribution in [1.29, 1.82) is 0 Å². The van der Waals surface area contributed by atoms with E-state index in [0.717, 1.165) is 0 Å². The first-order chi connectivity index (χ1) is 5.16. The fourth-order valence-electron chi connectivity index (χ4n) is 1.14. The van der Waals surface area contributed by atoms with E-state index in [9.17, 15) is 5.11 Å². The van der Waals surface area contributed by atoms with Gasteiger partial charge in [-0.1, -0.05) is 0 Å². The lowest BCUT2D eigenvalue weighted by Gasteiger charge is -2.12. The molecule has 1 unspecified atom stereocenters. The second-order valence-electron chi connectivity index (χ2n) is 2.63. The SMILES string of the molecule is [CH][C@@H]1O[C@H](CCO)[C@H](O)C1O. The molecule has 4 nitrogen and oxygen atoms in total. The third-order valence-corrected chi connectivity index (χ3v) is 1.81. The van der Waals surface area contributed by atoms with Crippen molar-refractivity contribution < 1.29 is 20.1 Å². The molecule has 64 valence electrons. The lowest BCUT2D eigenvalue weighted by molar-refractivity contribution is 0.00698. The summed E-state index contributed by atoms with van der Waals surface area (Å²) in [4.78, 5) is 0. The van der Waals surface area contributed by atoms with Gasteiger partial charge in [-0.05, 0) is 13.3 Å². The molecule has 2 radical (unpaired) electrons. The second-order valence-corrected chi connectivity index (χ2v) is 2.63. The van der Waals surface area contributed by atoms with E-state index in [2.05, 4.69) is 0 Å². The highest BCUT2D eigenvalue weighted by molar-refractivity contribution is 4.91. The zero-order chi connectivity index (χ0) is 8.43. The number of hydrogen-bond acceptors (Lipinski definition) is 4. The van der Waals surface area contributed by atoms with E-state index >= 15 is 0 Å². The summed E-state index contributed by atoms with van der Waals surface area (Å²) in [5, 5.41) is 26.8. The second kappa shape index (κ2) is 3.49. The third-order valence-electron chi connectivity index (χ3n) is 1.81. The van der Waals surface area contributed by atoms with E-state index < -0.39 is 24.4 Å². The van der Waals surface area contributed by atoms with Crippen molar-refractivity contribution in [3.05, 3.63) is 6.92 Å². The van der Waals surface area contributed by atoms with Crippen LogP contribution >= 0.6 is 0 Å². The van der Waals surface area contributed by atoms with Crippen LogP contribution in [0, 0.1) is 6.92 Å². The van der Waals surface area contributed by atoms with E-state index in [0.29, 0.717) is 6.42 Å². The molecule has 0 aromatic rings. The van der Waals surface area contributed by atoms with Crippen molar-refractivity contribution >= 4 is 0 Å². The van der Waals surface area contributed by atoms with E-state index in [1.54, 1.807) is 0 Å². The van der Waals surface area contributed by atoms with Crippen molar-refractivity contribution in [2.75, 3.05) is 6.61 Å². The molecule has 11 heavy (non-hydrogen) atoms. The first kappa shape index (κ1) is 8.93. The monoisotopic (exact) mass is 160 g/mol. The van der Waals surface area contributed by atoms with Gasteiger partial charge in [-0.2, -0.15) is 0 Å². The van der Waals surface area contributed by atoms with Gasteiger partial charge in [0.1, 0.15) is 12.2 Å². The Morgan fingerprint density at radius 2 is 1.91 bits per heavy atom. The van der Waals surface area contributed by atoms with E-state index in [1.165, 1.54) is 0 Å². The lowest BCUT2D eigenvalue weighted by Crippen LogP contribution is -2.31. The fourth-order valence-corrected chi connectivity index (χ4v) is 1.14. The molecule has 4 atom stereocenters. The molecule has 1 rings (SSSR count). The molecular formula is C7H12O4. The fraction of sp³-hybridized carbons (Fsp3) is 0.857. The van der Waals surface area contributed by atoms with Gasteiger partial charge >= 0.3 is 0 Å². The van der Waals surface area contributed by atoms with Crippen LogP contribution in [0.1, 0.15) is 6.42 Å². The maximum absolute atomic E-state index is 9.19. The molecule has 0 amide bonds. The molecule has 0 aliphatic carbocycles. The van der Waals surface area contributed by atoms with Crippen LogP contribution in [-0.4, -0.2) is 46.3 Å². The van der Waals surface area contributed by atoms with Crippen LogP contribution in [0.5, 0.6) is 0 Å². The molecule has 1 aliphatic heterocycles. The highest BCUT2D eigenvalue weighted by Crippen LogP contribution is 2.22. The maximum atomic E-state index is 9.19. The van der Waals surface area contributed by atoms with Crippen molar-refractivity contribution in [2.24, 2.45) is 0 Å². The Bertz CT molecular complexity index is 128. The summed E-state index contributed by atoms with van der Waals surface area (Å²) in [5.41, 5.74) is 0. The summed E-state index contributed by atoms with van der Waals surface area (Å²) in [6, 6.07) is 0. The minimum Gasteiger partial charge on any atom is -0.396 e. The molecule has 0 aromatic carbocycles. The summed E-state index contributed by atoms with van der Waals surface area (Å²) in [6.07, 6.45) is -3.08. The highest BCUT2D eigenvalue weighted by Gasteiger charge is 2.39. The Morgan fingerprint density at radius 3 is 2.27 bits per heavy atom. The molecule has 0 aromatic heterocycles. The minimum absolute atomic E-state index is 0.0822. The number of rotatable bonds is 2. The standard InChI is InChI=1S/C7H12O4/c1-4-6(9)7(10)5(11-4)2-3-8/h1,4-10H,2-3H2/t4-,5+,6?,7-/m0/s1. The molecule has 1 saturated heterocycles. The molecule has 4 heteroatoms. The van der Waals surface area contributed by atoms with Gasteiger partial charge in [-0.15, -0.1) is 0 Å². The number of ether oxygens (including phenoxy) is 1. The maximum Gasteiger partial charge on any atom is 0.109 e. The van der Waals surface area contributed by atoms with Crippen LogP contribution in [0.4, 0.5) is 0 Å². The summed E-state index contributed by atoms with van der Waals surface area (Å²) in [5.74, 6) is 0. The third kappa shape index (κ3) is 1.70. The minimum atomic E-state index is -1.04. The Morgan fingerprint density at radius 1 is 1.27 bits per heavy atom. The van der Waals surface area contributed by atoms with Crippen molar-refractivity contribution in [3.8, 4) is 0 Å². The van der Waals surface area contributed by atoms with Gasteiger partial charge in [0.15, 0.2) is 0 Å². The van der Waals surface area contributed by atoms with Gasteiger partial charge in [0.2, 0.25) is 0 Å². The van der Waals surface area contributed by atoms with Crippen molar-refractivity contribution in [3.63, 3.8) is 0 Å². The molecule has 0 spiro atoms. The van der Waals surface area contributed by atoms with Crippen molar-refractivity contribution in [1.82, 2.24) is 0 Å². The van der Waals surface area contributed by atoms with Gasteiger partial charge < -0.3 is 20.1 Å². The van der Waals surface area contributed by atoms with Crippen molar-refractivity contribution in [2.45, 2.75) is 30.8 Å². The van der Waals surface area contributed by atoms with Crippen LogP contribution in [-0.2, 0) is 4.74 Å². The van der Waals surface area contributed by atoms with Gasteiger partial charge in [0, 0.05) is 6.61 Å². The van der Waals surface area contributed by atoms with Crippen LogP contribution in [0.25, 0.3) is 0 Å². The van der Waals surface area contributed by atoms with Crippen LogP contribution in [0.2, 0.25) is 0 Å². The average Bonchev–Trinajstić information content (AvgIpc) is 2.19. The summed E-state index contributed by atoms with van der Waals surface area (Å²) in [7, 11) is 0. The normalized spacial score (nSPS) is 44.7. The van der Waals surface area contributed by atoms with E-state index in [1.807, 2.05) is 0 Å². The first-order valence-electron chi connectivity index (χ1n) is 3.55. The largest absolute Gasteiger partial charge is 0.396 e. The molecule has 1 heterocycles. The topological polar surface area (TPSA) is 69.9 Å². The molecule has 0 bridgehead atoms. The number of aliphatic hydroxyl groups is 3. The van der Waals surface area contributed by atoms with Gasteiger partial charge in [0.25, 0.3) is 0 Å². The summed E-state index contributed by atoms with van der Waals surface area (Å²) >= 11 is 0. The zero-order valence-corrected chi connectivity index (χ0v) is 6.05. The van der Waals surface area contributed by atoms with Crippen LogP contribution in [0.3, 0.4) is 0 Å². The summed E-state index contributed by atoms with van der Waals surface area (Å²) < 4.78 is 4.94. The smallest absolute Gasteiger partial charge is 0.109 e. The highest BCUT2D eigenvalue weighted by atomic mass is 16.5. The Balaban J connectivity index is 2.45. The van der Waals surface area contributed by atoms with Gasteiger partial charge in [-0.3, -0.25) is 0 Å². The quantitative estimate of drug-likeness (QED) is 0.463. The van der Waals surface area contributed by atoms with Gasteiger partial charge in [0.05, 0.1) is 12.2 Å². The predicted molar refractivity (Wildman–Crippen MR) is 36.7 cm³/mol. The molecule has 1 aliphatic rings. The number of hydrogen-bond donors (Lipinski definition) is 3.